The molecule has 2 saturated carbocycles. The number of benzene rings is 1. The average Bonchev–Trinajstić information content (AvgIpc) is 2.71. The van der Waals surface area contributed by atoms with E-state index >= 15 is 0 Å². The molecule has 1 nitrogen and oxygen atoms in total. The fourth-order valence-electron chi connectivity index (χ4n) is 5.27. The van der Waals surface area contributed by atoms with E-state index < -0.39 is 0 Å². The van der Waals surface area contributed by atoms with Crippen molar-refractivity contribution in [2.45, 2.75) is 49.8 Å². The van der Waals surface area contributed by atoms with Gasteiger partial charge in [-0.25, -0.2) is 0 Å². The predicted octanol–water partition coefficient (Wildman–Crippen LogP) is 4.49. The van der Waals surface area contributed by atoms with E-state index in [0.717, 1.165) is 18.8 Å². The summed E-state index contributed by atoms with van der Waals surface area (Å²) < 4.78 is 0. The lowest BCUT2D eigenvalue weighted by molar-refractivity contribution is -0.128. The van der Waals surface area contributed by atoms with Crippen LogP contribution in [-0.4, -0.2) is 10.6 Å². The summed E-state index contributed by atoms with van der Waals surface area (Å²) in [7, 11) is 0. The average molecular weight is 333 g/mol. The van der Waals surface area contributed by atoms with Crippen molar-refractivity contribution >= 4 is 21.7 Å². The molecule has 1 aromatic carbocycles. The molecule has 0 spiro atoms. The fourth-order valence-corrected chi connectivity index (χ4v) is 6.20. The topological polar surface area (TPSA) is 17.1 Å². The molecule has 20 heavy (non-hydrogen) atoms. The van der Waals surface area contributed by atoms with Crippen LogP contribution in [0.25, 0.3) is 0 Å². The van der Waals surface area contributed by atoms with E-state index in [9.17, 15) is 4.79 Å². The first-order chi connectivity index (χ1) is 9.61. The van der Waals surface area contributed by atoms with Crippen molar-refractivity contribution in [3.8, 4) is 0 Å². The molecule has 0 aliphatic heterocycles. The summed E-state index contributed by atoms with van der Waals surface area (Å²) in [5.74, 6) is 2.48. The number of hydrogen-bond donors (Lipinski definition) is 0. The van der Waals surface area contributed by atoms with Crippen LogP contribution in [0.2, 0.25) is 0 Å². The highest BCUT2D eigenvalue weighted by molar-refractivity contribution is 9.10. The smallest absolute Gasteiger partial charge is 0.152 e. The van der Waals surface area contributed by atoms with Gasteiger partial charge in [-0.05, 0) is 61.0 Å². The highest BCUT2D eigenvalue weighted by atomic mass is 79.9. The SMILES string of the molecule is C[C@]12CC[C@@H]3c4ccccc4CC[C@H]3[C@@H]1C[C@@H](Br)C2=O. The molecular weight excluding hydrogens is 312 g/mol. The van der Waals surface area contributed by atoms with Gasteiger partial charge >= 0.3 is 0 Å². The highest BCUT2D eigenvalue weighted by Gasteiger charge is 2.57. The van der Waals surface area contributed by atoms with Crippen LogP contribution < -0.4 is 0 Å². The van der Waals surface area contributed by atoms with Crippen molar-refractivity contribution in [2.75, 3.05) is 0 Å². The van der Waals surface area contributed by atoms with Crippen molar-refractivity contribution in [1.82, 2.24) is 0 Å². The molecule has 3 aliphatic carbocycles. The number of alkyl halides is 1. The first kappa shape index (κ1) is 13.1. The van der Waals surface area contributed by atoms with E-state index in [-0.39, 0.29) is 10.2 Å². The summed E-state index contributed by atoms with van der Waals surface area (Å²) >= 11 is 3.63. The Morgan fingerprint density at radius 2 is 2.05 bits per heavy atom. The third-order valence-corrected chi connectivity index (χ3v) is 7.13. The van der Waals surface area contributed by atoms with Crippen molar-refractivity contribution in [1.29, 1.82) is 0 Å². The van der Waals surface area contributed by atoms with Crippen LogP contribution >= 0.6 is 15.9 Å². The maximum atomic E-state index is 12.5. The van der Waals surface area contributed by atoms with E-state index in [2.05, 4.69) is 47.1 Å². The van der Waals surface area contributed by atoms with Crippen LogP contribution in [-0.2, 0) is 11.2 Å². The van der Waals surface area contributed by atoms with Crippen molar-refractivity contribution in [3.63, 3.8) is 0 Å². The van der Waals surface area contributed by atoms with Gasteiger partial charge in [0, 0.05) is 5.41 Å². The van der Waals surface area contributed by atoms with E-state index in [4.69, 9.17) is 0 Å². The van der Waals surface area contributed by atoms with Gasteiger partial charge in [-0.1, -0.05) is 47.1 Å². The largest absolute Gasteiger partial charge is 0.298 e. The van der Waals surface area contributed by atoms with Crippen molar-refractivity contribution in [2.24, 2.45) is 17.3 Å². The van der Waals surface area contributed by atoms with Gasteiger partial charge in [-0.2, -0.15) is 0 Å². The first-order valence-corrected chi connectivity index (χ1v) is 8.79. The van der Waals surface area contributed by atoms with Gasteiger partial charge in [-0.15, -0.1) is 0 Å². The highest BCUT2D eigenvalue weighted by Crippen LogP contribution is 2.60. The molecule has 0 heterocycles. The maximum Gasteiger partial charge on any atom is 0.152 e. The third-order valence-electron chi connectivity index (χ3n) is 6.34. The maximum absolute atomic E-state index is 12.5. The summed E-state index contributed by atoms with van der Waals surface area (Å²) in [4.78, 5) is 12.6. The van der Waals surface area contributed by atoms with Crippen LogP contribution in [0.3, 0.4) is 0 Å². The number of halogens is 1. The monoisotopic (exact) mass is 332 g/mol. The number of carbonyl (C=O) groups excluding carboxylic acids is 1. The van der Waals surface area contributed by atoms with E-state index in [0.29, 0.717) is 17.6 Å². The van der Waals surface area contributed by atoms with E-state index in [1.807, 2.05) is 0 Å². The second-order valence-corrected chi connectivity index (χ2v) is 8.24. The zero-order valence-corrected chi connectivity index (χ0v) is 13.5. The van der Waals surface area contributed by atoms with Gasteiger partial charge in [0.25, 0.3) is 0 Å². The molecule has 0 bridgehead atoms. The molecule has 0 N–H and O–H groups in total. The molecule has 3 aliphatic rings. The number of Topliss-reactive ketones (excluding diaryl/α,β-unsaturated/α-hetero) is 1. The Hall–Kier alpha value is -0.630. The molecule has 2 fully saturated rings. The second kappa shape index (κ2) is 4.43. The Labute approximate surface area is 129 Å². The van der Waals surface area contributed by atoms with Gasteiger partial charge in [-0.3, -0.25) is 4.79 Å². The quantitative estimate of drug-likeness (QED) is 0.640. The summed E-state index contributed by atoms with van der Waals surface area (Å²) in [6, 6.07) is 8.98. The zero-order valence-electron chi connectivity index (χ0n) is 11.9. The molecule has 0 aromatic heterocycles. The molecule has 4 rings (SSSR count). The molecule has 5 atom stereocenters. The Morgan fingerprint density at radius 3 is 2.90 bits per heavy atom. The molecule has 106 valence electrons. The summed E-state index contributed by atoms with van der Waals surface area (Å²) in [6.07, 6.45) is 5.80. The molecule has 0 radical (unpaired) electrons. The molecule has 1 aromatic rings. The number of carbonyl (C=O) groups is 1. The number of rotatable bonds is 0. The number of aryl methyl sites for hydroxylation is 1. The lowest BCUT2D eigenvalue weighted by atomic mass is 9.55. The number of fused-ring (bicyclic) bond motifs is 5. The Bertz CT molecular complexity index is 566. The summed E-state index contributed by atoms with van der Waals surface area (Å²) in [5.41, 5.74) is 3.08. The van der Waals surface area contributed by atoms with Crippen LogP contribution in [0.1, 0.15) is 49.7 Å². The van der Waals surface area contributed by atoms with Crippen LogP contribution in [0.5, 0.6) is 0 Å². The Kier molecular flexibility index (Phi) is 2.89. The summed E-state index contributed by atoms with van der Waals surface area (Å²) in [6.45, 7) is 2.23. The van der Waals surface area contributed by atoms with Gasteiger partial charge in [0.05, 0.1) is 4.83 Å². The molecule has 2 heteroatoms. The van der Waals surface area contributed by atoms with Crippen LogP contribution in [0.15, 0.2) is 24.3 Å². The molecule has 0 unspecified atom stereocenters. The van der Waals surface area contributed by atoms with Gasteiger partial charge in [0.1, 0.15) is 0 Å². The standard InChI is InChI=1S/C18H21BrO/c1-18-9-8-13-12-5-3-2-4-11(12)6-7-14(13)15(18)10-16(19)17(18)20/h2-5,13-16H,6-10H2,1H3/t13-,14-,15+,16-,18+/m1/s1. The Balaban J connectivity index is 1.74. The van der Waals surface area contributed by atoms with E-state index in [1.165, 1.54) is 19.3 Å². The first-order valence-electron chi connectivity index (χ1n) is 7.87. The lowest BCUT2D eigenvalue weighted by Gasteiger charge is -2.48. The van der Waals surface area contributed by atoms with Gasteiger partial charge in [0.2, 0.25) is 0 Å². The lowest BCUT2D eigenvalue weighted by Crippen LogP contribution is -2.42. The minimum Gasteiger partial charge on any atom is -0.298 e. The number of hydrogen-bond acceptors (Lipinski definition) is 1. The fraction of sp³-hybridized carbons (Fsp3) is 0.611. The normalized spacial score (nSPS) is 42.8. The number of ketones is 1. The summed E-state index contributed by atoms with van der Waals surface area (Å²) in [5, 5.41) is 0. The molecule has 0 amide bonds. The van der Waals surface area contributed by atoms with Crippen molar-refractivity contribution < 1.29 is 4.79 Å². The van der Waals surface area contributed by atoms with Crippen molar-refractivity contribution in [3.05, 3.63) is 35.4 Å². The van der Waals surface area contributed by atoms with E-state index in [1.54, 1.807) is 11.1 Å². The minimum absolute atomic E-state index is 0.0540. The van der Waals surface area contributed by atoms with Gasteiger partial charge in [0.15, 0.2) is 5.78 Å². The predicted molar refractivity (Wildman–Crippen MR) is 84.2 cm³/mol. The zero-order chi connectivity index (χ0) is 13.9. The van der Waals surface area contributed by atoms with Crippen LogP contribution in [0.4, 0.5) is 0 Å². The second-order valence-electron chi connectivity index (χ2n) is 7.14. The van der Waals surface area contributed by atoms with Gasteiger partial charge < -0.3 is 0 Å². The van der Waals surface area contributed by atoms with Crippen LogP contribution in [0, 0.1) is 17.3 Å². The Morgan fingerprint density at radius 1 is 1.25 bits per heavy atom. The third kappa shape index (κ3) is 1.63. The minimum atomic E-state index is -0.0540. The molecule has 0 saturated heterocycles. The molecular formula is C18H21BrO.